The average molecular weight is 185 g/mol. The number of alkyl halides is 1. The second-order valence-corrected chi connectivity index (χ2v) is 4.24. The first-order chi connectivity index (χ1) is 4.41. The van der Waals surface area contributed by atoms with Gasteiger partial charge in [-0.2, -0.15) is 23.5 Å². The Bertz CT molecular complexity index is 44.3. The van der Waals surface area contributed by atoms with Crippen LogP contribution in [0.15, 0.2) is 0 Å². The van der Waals surface area contributed by atoms with Gasteiger partial charge in [-0.05, 0) is 24.2 Å². The molecular formula is C6H13ClS2. The van der Waals surface area contributed by atoms with Crippen LogP contribution in [0.5, 0.6) is 0 Å². The van der Waals surface area contributed by atoms with E-state index in [-0.39, 0.29) is 0 Å². The van der Waals surface area contributed by atoms with Crippen LogP contribution in [0.2, 0.25) is 0 Å². The van der Waals surface area contributed by atoms with Gasteiger partial charge in [0.25, 0.3) is 0 Å². The highest BCUT2D eigenvalue weighted by Crippen LogP contribution is 2.05. The van der Waals surface area contributed by atoms with Crippen LogP contribution >= 0.6 is 35.1 Å². The number of thioether (sulfide) groups is 2. The summed E-state index contributed by atoms with van der Waals surface area (Å²) in [6.07, 6.45) is 3.47. The van der Waals surface area contributed by atoms with Crippen LogP contribution in [0.3, 0.4) is 0 Å². The topological polar surface area (TPSA) is 0 Å². The lowest BCUT2D eigenvalue weighted by molar-refractivity contribution is 1.12. The summed E-state index contributed by atoms with van der Waals surface area (Å²) in [5.74, 6) is 4.46. The predicted octanol–water partition coefficient (Wildman–Crippen LogP) is 2.71. The largest absolute Gasteiger partial charge is 0.165 e. The molecule has 0 atom stereocenters. The van der Waals surface area contributed by atoms with Gasteiger partial charge in [0, 0.05) is 11.6 Å². The van der Waals surface area contributed by atoms with Crippen LogP contribution in [0.25, 0.3) is 0 Å². The molecule has 0 bridgehead atoms. The minimum Gasteiger partial charge on any atom is -0.165 e. The van der Waals surface area contributed by atoms with Gasteiger partial charge in [0.1, 0.15) is 0 Å². The summed E-state index contributed by atoms with van der Waals surface area (Å²) in [7, 11) is 0. The maximum Gasteiger partial charge on any atom is 0.0314 e. The maximum absolute atomic E-state index is 5.49. The molecule has 0 amide bonds. The van der Waals surface area contributed by atoms with Gasteiger partial charge in [-0.3, -0.25) is 0 Å². The Morgan fingerprint density at radius 2 is 2.00 bits per heavy atom. The molecule has 0 nitrogen and oxygen atoms in total. The van der Waals surface area contributed by atoms with Crippen molar-refractivity contribution in [2.75, 3.05) is 29.4 Å². The van der Waals surface area contributed by atoms with Crippen molar-refractivity contribution in [3.63, 3.8) is 0 Å². The minimum absolute atomic E-state index is 0.796. The van der Waals surface area contributed by atoms with Crippen LogP contribution in [0, 0.1) is 0 Å². The molecule has 3 heteroatoms. The molecule has 0 saturated carbocycles. The Hall–Kier alpha value is 0.990. The summed E-state index contributed by atoms with van der Waals surface area (Å²) in [6, 6.07) is 0. The van der Waals surface area contributed by atoms with Crippen LogP contribution in [0.1, 0.15) is 6.42 Å². The first-order valence-electron chi connectivity index (χ1n) is 3.04. The van der Waals surface area contributed by atoms with Gasteiger partial charge in [-0.25, -0.2) is 0 Å². The van der Waals surface area contributed by atoms with Crippen molar-refractivity contribution in [3.05, 3.63) is 0 Å². The van der Waals surface area contributed by atoms with Gasteiger partial charge in [0.15, 0.2) is 0 Å². The van der Waals surface area contributed by atoms with Crippen LogP contribution in [0.4, 0.5) is 0 Å². The van der Waals surface area contributed by atoms with E-state index in [2.05, 4.69) is 6.26 Å². The molecule has 0 heterocycles. The molecular weight excluding hydrogens is 172 g/mol. The van der Waals surface area contributed by atoms with Crippen molar-refractivity contribution in [1.82, 2.24) is 0 Å². The third-order valence-electron chi connectivity index (χ3n) is 0.859. The van der Waals surface area contributed by atoms with E-state index in [1.165, 1.54) is 17.9 Å². The molecule has 0 aromatic carbocycles. The fraction of sp³-hybridized carbons (Fsp3) is 1.00. The lowest BCUT2D eigenvalue weighted by Gasteiger charge is -1.95. The highest BCUT2D eigenvalue weighted by Gasteiger charge is 1.86. The van der Waals surface area contributed by atoms with Gasteiger partial charge in [0.05, 0.1) is 0 Å². The van der Waals surface area contributed by atoms with Gasteiger partial charge in [0.2, 0.25) is 0 Å². The molecule has 0 aromatic rings. The lowest BCUT2D eigenvalue weighted by Crippen LogP contribution is -1.85. The van der Waals surface area contributed by atoms with E-state index in [9.17, 15) is 0 Å². The molecule has 0 aliphatic rings. The SMILES string of the molecule is CSCCCSCCCl. The van der Waals surface area contributed by atoms with Crippen molar-refractivity contribution in [3.8, 4) is 0 Å². The van der Waals surface area contributed by atoms with E-state index < -0.39 is 0 Å². The Labute approximate surface area is 71.1 Å². The van der Waals surface area contributed by atoms with E-state index >= 15 is 0 Å². The second kappa shape index (κ2) is 8.99. The third kappa shape index (κ3) is 8.99. The highest BCUT2D eigenvalue weighted by atomic mass is 35.5. The van der Waals surface area contributed by atoms with Crippen LogP contribution < -0.4 is 0 Å². The quantitative estimate of drug-likeness (QED) is 0.460. The molecule has 0 aliphatic heterocycles. The Kier molecular flexibility index (Phi) is 9.98. The molecule has 0 fully saturated rings. The fourth-order valence-corrected chi connectivity index (χ4v) is 2.07. The summed E-state index contributed by atoms with van der Waals surface area (Å²) in [4.78, 5) is 0. The number of rotatable bonds is 6. The molecule has 0 saturated heterocycles. The predicted molar refractivity (Wildman–Crippen MR) is 51.0 cm³/mol. The van der Waals surface area contributed by atoms with Gasteiger partial charge in [-0.15, -0.1) is 11.6 Å². The first kappa shape index (κ1) is 9.99. The number of hydrogen-bond acceptors (Lipinski definition) is 2. The van der Waals surface area contributed by atoms with Crippen molar-refractivity contribution < 1.29 is 0 Å². The zero-order valence-electron chi connectivity index (χ0n) is 5.73. The number of hydrogen-bond donors (Lipinski definition) is 0. The molecule has 0 aliphatic carbocycles. The zero-order chi connectivity index (χ0) is 6.95. The molecule has 0 spiro atoms. The monoisotopic (exact) mass is 184 g/mol. The van der Waals surface area contributed by atoms with Crippen molar-refractivity contribution in [2.45, 2.75) is 6.42 Å². The molecule has 0 N–H and O–H groups in total. The molecule has 9 heavy (non-hydrogen) atoms. The average Bonchev–Trinajstić information content (AvgIpc) is 1.89. The van der Waals surface area contributed by atoms with Gasteiger partial charge >= 0.3 is 0 Å². The normalized spacial score (nSPS) is 10.0. The zero-order valence-corrected chi connectivity index (χ0v) is 8.12. The molecule has 0 rings (SSSR count). The van der Waals surface area contributed by atoms with Crippen molar-refractivity contribution >= 4 is 35.1 Å². The standard InChI is InChI=1S/C6H13ClS2/c1-8-4-2-5-9-6-3-7/h2-6H2,1H3. The molecule has 0 aromatic heterocycles. The first-order valence-corrected chi connectivity index (χ1v) is 6.12. The van der Waals surface area contributed by atoms with E-state index in [4.69, 9.17) is 11.6 Å². The Morgan fingerprint density at radius 1 is 1.22 bits per heavy atom. The third-order valence-corrected chi connectivity index (χ3v) is 3.04. The van der Waals surface area contributed by atoms with E-state index in [1.807, 2.05) is 23.5 Å². The minimum atomic E-state index is 0.796. The van der Waals surface area contributed by atoms with Crippen LogP contribution in [-0.2, 0) is 0 Å². The summed E-state index contributed by atoms with van der Waals surface area (Å²) >= 11 is 9.35. The van der Waals surface area contributed by atoms with E-state index in [1.54, 1.807) is 0 Å². The van der Waals surface area contributed by atoms with Crippen LogP contribution in [-0.4, -0.2) is 29.4 Å². The maximum atomic E-state index is 5.49. The Balaban J connectivity index is 2.60. The summed E-state index contributed by atoms with van der Waals surface area (Å²) in [6.45, 7) is 0. The summed E-state index contributed by atoms with van der Waals surface area (Å²) in [5, 5.41) is 0. The molecule has 0 radical (unpaired) electrons. The van der Waals surface area contributed by atoms with E-state index in [0.717, 1.165) is 11.6 Å². The van der Waals surface area contributed by atoms with E-state index in [0.29, 0.717) is 0 Å². The summed E-state index contributed by atoms with van der Waals surface area (Å²) < 4.78 is 0. The smallest absolute Gasteiger partial charge is 0.0314 e. The number of halogens is 1. The molecule has 0 unspecified atom stereocenters. The second-order valence-electron chi connectivity index (χ2n) is 1.65. The van der Waals surface area contributed by atoms with Crippen molar-refractivity contribution in [2.24, 2.45) is 0 Å². The Morgan fingerprint density at radius 3 is 2.56 bits per heavy atom. The molecule has 56 valence electrons. The fourth-order valence-electron chi connectivity index (χ4n) is 0.462. The van der Waals surface area contributed by atoms with Gasteiger partial charge in [-0.1, -0.05) is 0 Å². The lowest BCUT2D eigenvalue weighted by atomic mass is 10.6. The van der Waals surface area contributed by atoms with Crippen molar-refractivity contribution in [1.29, 1.82) is 0 Å². The van der Waals surface area contributed by atoms with Gasteiger partial charge < -0.3 is 0 Å². The highest BCUT2D eigenvalue weighted by molar-refractivity contribution is 7.99. The summed E-state index contributed by atoms with van der Waals surface area (Å²) in [5.41, 5.74) is 0.